The predicted octanol–water partition coefficient (Wildman–Crippen LogP) is 2.91. The van der Waals surface area contributed by atoms with Gasteiger partial charge in [0.25, 0.3) is 0 Å². The first-order chi connectivity index (χ1) is 5.16. The van der Waals surface area contributed by atoms with E-state index in [2.05, 4.69) is 4.98 Å². The number of nitriles is 1. The molecule has 0 radical (unpaired) electrons. The fourth-order valence-electron chi connectivity index (χ4n) is 0.540. The highest BCUT2D eigenvalue weighted by Crippen LogP contribution is 2.28. The molecule has 0 amide bonds. The second-order valence-corrected chi connectivity index (χ2v) is 2.84. The first-order valence-corrected chi connectivity index (χ1v) is 3.69. The van der Waals surface area contributed by atoms with Gasteiger partial charge in [-0.1, -0.05) is 34.8 Å². The molecule has 1 aromatic rings. The first-order valence-electron chi connectivity index (χ1n) is 2.56. The summed E-state index contributed by atoms with van der Waals surface area (Å²) in [5, 5.41) is 8.95. The van der Waals surface area contributed by atoms with Crippen molar-refractivity contribution in [3.63, 3.8) is 0 Å². The molecule has 0 atom stereocenters. The zero-order valence-corrected chi connectivity index (χ0v) is 7.37. The van der Waals surface area contributed by atoms with Gasteiger partial charge in [-0.05, 0) is 0 Å². The number of hydrogen-bond donors (Lipinski definition) is 0. The summed E-state index contributed by atoms with van der Waals surface area (Å²) >= 11 is 16.7. The lowest BCUT2D eigenvalue weighted by molar-refractivity contribution is 1.30. The van der Waals surface area contributed by atoms with E-state index in [1.54, 1.807) is 6.07 Å². The van der Waals surface area contributed by atoms with Crippen molar-refractivity contribution in [2.24, 2.45) is 0 Å². The molecule has 2 nitrogen and oxygen atoms in total. The van der Waals surface area contributed by atoms with Crippen LogP contribution in [0.5, 0.6) is 0 Å². The Bertz CT molecular complexity index is 329. The lowest BCUT2D eigenvalue weighted by Crippen LogP contribution is -1.84. The van der Waals surface area contributed by atoms with Gasteiger partial charge in [-0.15, -0.1) is 0 Å². The van der Waals surface area contributed by atoms with Crippen LogP contribution in [0.2, 0.25) is 15.2 Å². The molecule has 0 bridgehead atoms. The van der Waals surface area contributed by atoms with Gasteiger partial charge in [0, 0.05) is 6.20 Å². The van der Waals surface area contributed by atoms with Crippen molar-refractivity contribution in [1.82, 2.24) is 4.98 Å². The number of hydrogen-bond acceptors (Lipinski definition) is 2. The molecule has 0 unspecified atom stereocenters. The van der Waals surface area contributed by atoms with Crippen LogP contribution in [0.15, 0.2) is 6.20 Å². The highest BCUT2D eigenvalue weighted by Gasteiger charge is 2.09. The summed E-state index contributed by atoms with van der Waals surface area (Å²) in [6, 6.07) is 1.79. The molecule has 0 saturated carbocycles. The molecule has 0 aliphatic heterocycles. The summed E-state index contributed by atoms with van der Waals surface area (Å²) in [6.07, 6.45) is 1.30. The molecular weight excluding hydrogens is 206 g/mol. The second kappa shape index (κ2) is 3.27. The van der Waals surface area contributed by atoms with E-state index in [1.165, 1.54) is 6.20 Å². The van der Waals surface area contributed by atoms with Crippen LogP contribution in [0, 0.1) is 11.3 Å². The van der Waals surface area contributed by atoms with Gasteiger partial charge in [-0.25, -0.2) is 4.98 Å². The third-order valence-electron chi connectivity index (χ3n) is 1.04. The van der Waals surface area contributed by atoms with Gasteiger partial charge >= 0.3 is 0 Å². The third kappa shape index (κ3) is 1.57. The molecule has 0 aliphatic rings. The van der Waals surface area contributed by atoms with E-state index >= 15 is 0 Å². The van der Waals surface area contributed by atoms with Crippen LogP contribution < -0.4 is 0 Å². The van der Waals surface area contributed by atoms with Gasteiger partial charge in [0.2, 0.25) is 0 Å². The molecule has 0 saturated heterocycles. The lowest BCUT2D eigenvalue weighted by Gasteiger charge is -1.97. The van der Waals surface area contributed by atoms with Gasteiger partial charge in [-0.3, -0.25) is 0 Å². The summed E-state index contributed by atoms with van der Waals surface area (Å²) in [7, 11) is 0. The zero-order valence-electron chi connectivity index (χ0n) is 5.11. The molecule has 1 aromatic heterocycles. The minimum atomic E-state index is 0.0712. The number of nitrogens with zero attached hydrogens (tertiary/aromatic N) is 2. The molecule has 0 fully saturated rings. The Kier molecular flexibility index (Phi) is 2.56. The van der Waals surface area contributed by atoms with Crippen molar-refractivity contribution in [2.45, 2.75) is 0 Å². The SMILES string of the molecule is N#Cc1c(Cl)ncc(Cl)c1Cl. The first kappa shape index (κ1) is 8.61. The molecular formula is C6HCl3N2. The van der Waals surface area contributed by atoms with E-state index in [4.69, 9.17) is 40.1 Å². The molecule has 0 N–H and O–H groups in total. The molecule has 1 heterocycles. The van der Waals surface area contributed by atoms with E-state index in [0.29, 0.717) is 0 Å². The van der Waals surface area contributed by atoms with Gasteiger partial charge < -0.3 is 0 Å². The van der Waals surface area contributed by atoms with Gasteiger partial charge in [0.05, 0.1) is 10.0 Å². The average Bonchev–Trinajstić information content (AvgIpc) is 1.99. The largest absolute Gasteiger partial charge is 0.241 e. The molecule has 0 aromatic carbocycles. The molecule has 5 heteroatoms. The Morgan fingerprint density at radius 2 is 2.00 bits per heavy atom. The van der Waals surface area contributed by atoms with E-state index in [1.807, 2.05) is 0 Å². The molecule has 1 rings (SSSR count). The number of rotatable bonds is 0. The maximum absolute atomic E-state index is 8.51. The lowest BCUT2D eigenvalue weighted by atomic mass is 10.3. The second-order valence-electron chi connectivity index (χ2n) is 1.70. The maximum Gasteiger partial charge on any atom is 0.148 e. The molecule has 11 heavy (non-hydrogen) atoms. The number of pyridine rings is 1. The summed E-state index contributed by atoms with van der Waals surface area (Å²) in [5.41, 5.74) is 0.112. The Morgan fingerprint density at radius 3 is 2.45 bits per heavy atom. The maximum atomic E-state index is 8.51. The fourth-order valence-corrected chi connectivity index (χ4v) is 1.10. The number of aromatic nitrogens is 1. The van der Waals surface area contributed by atoms with Crippen LogP contribution in [0.4, 0.5) is 0 Å². The summed E-state index contributed by atoms with van der Waals surface area (Å²) in [5.74, 6) is 0. The van der Waals surface area contributed by atoms with Crippen molar-refractivity contribution in [1.29, 1.82) is 5.26 Å². The standard InChI is InChI=1S/C6HCl3N2/c7-4-2-11-6(9)3(1-10)5(4)8/h2H. The normalized spacial score (nSPS) is 9.27. The van der Waals surface area contributed by atoms with Crippen LogP contribution in [-0.4, -0.2) is 4.98 Å². The van der Waals surface area contributed by atoms with Crippen LogP contribution in [0.25, 0.3) is 0 Å². The Morgan fingerprint density at radius 1 is 1.36 bits per heavy atom. The molecule has 0 aliphatic carbocycles. The van der Waals surface area contributed by atoms with Crippen LogP contribution in [0.1, 0.15) is 5.56 Å². The Hall–Kier alpha value is -0.490. The summed E-state index contributed by atoms with van der Waals surface area (Å²) < 4.78 is 0. The van der Waals surface area contributed by atoms with E-state index in [9.17, 15) is 0 Å². The smallest absolute Gasteiger partial charge is 0.148 e. The highest BCUT2D eigenvalue weighted by atomic mass is 35.5. The topological polar surface area (TPSA) is 36.7 Å². The summed E-state index contributed by atoms with van der Waals surface area (Å²) in [6.45, 7) is 0. The van der Waals surface area contributed by atoms with Crippen LogP contribution >= 0.6 is 34.8 Å². The van der Waals surface area contributed by atoms with E-state index < -0.39 is 0 Å². The molecule has 56 valence electrons. The van der Waals surface area contributed by atoms with Gasteiger partial charge in [-0.2, -0.15) is 5.26 Å². The number of halogens is 3. The van der Waals surface area contributed by atoms with Crippen molar-refractivity contribution >= 4 is 34.8 Å². The van der Waals surface area contributed by atoms with Gasteiger partial charge in [0.1, 0.15) is 16.8 Å². The molecule has 0 spiro atoms. The van der Waals surface area contributed by atoms with Crippen LogP contribution in [0.3, 0.4) is 0 Å². The highest BCUT2D eigenvalue weighted by molar-refractivity contribution is 6.43. The van der Waals surface area contributed by atoms with E-state index in [-0.39, 0.29) is 20.8 Å². The minimum absolute atomic E-state index is 0.0712. The van der Waals surface area contributed by atoms with E-state index in [0.717, 1.165) is 0 Å². The third-order valence-corrected chi connectivity index (χ3v) is 2.10. The van der Waals surface area contributed by atoms with Gasteiger partial charge in [0.15, 0.2) is 0 Å². The minimum Gasteiger partial charge on any atom is -0.241 e. The summed E-state index contributed by atoms with van der Waals surface area (Å²) in [4.78, 5) is 3.64. The zero-order chi connectivity index (χ0) is 8.43. The predicted molar refractivity (Wildman–Crippen MR) is 44.0 cm³/mol. The van der Waals surface area contributed by atoms with Crippen molar-refractivity contribution in [3.05, 3.63) is 27.0 Å². The monoisotopic (exact) mass is 206 g/mol. The Labute approximate surface area is 78.3 Å². The van der Waals surface area contributed by atoms with Crippen molar-refractivity contribution < 1.29 is 0 Å². The average molecular weight is 207 g/mol. The van der Waals surface area contributed by atoms with Crippen molar-refractivity contribution in [2.75, 3.05) is 0 Å². The van der Waals surface area contributed by atoms with Crippen LogP contribution in [-0.2, 0) is 0 Å². The fraction of sp³-hybridized carbons (Fsp3) is 0. The quantitative estimate of drug-likeness (QED) is 0.613. The Balaban J connectivity index is 3.44. The van der Waals surface area contributed by atoms with Crippen molar-refractivity contribution in [3.8, 4) is 6.07 Å².